The molecule has 0 aliphatic carbocycles. The van der Waals surface area contributed by atoms with Crippen LogP contribution in [0.25, 0.3) is 0 Å². The molecule has 5 heteroatoms. The van der Waals surface area contributed by atoms with Crippen molar-refractivity contribution in [3.63, 3.8) is 0 Å². The van der Waals surface area contributed by atoms with Gasteiger partial charge in [-0.25, -0.2) is 4.79 Å². The summed E-state index contributed by atoms with van der Waals surface area (Å²) >= 11 is 0. The van der Waals surface area contributed by atoms with Gasteiger partial charge in [0, 0.05) is 44.3 Å². The molecular formula is C19H27N3O2. The molecule has 2 bridgehead atoms. The quantitative estimate of drug-likeness (QED) is 0.852. The number of rotatable bonds is 3. The van der Waals surface area contributed by atoms with Crippen LogP contribution in [-0.2, 0) is 11.3 Å². The highest BCUT2D eigenvalue weighted by Gasteiger charge is 2.41. The zero-order valence-electron chi connectivity index (χ0n) is 14.4. The predicted octanol–water partition coefficient (Wildman–Crippen LogP) is 2.18. The van der Waals surface area contributed by atoms with E-state index in [1.807, 2.05) is 35.2 Å². The van der Waals surface area contributed by atoms with Crippen molar-refractivity contribution >= 4 is 6.09 Å². The Morgan fingerprint density at radius 3 is 2.46 bits per heavy atom. The maximum atomic E-state index is 12.3. The van der Waals surface area contributed by atoms with Crippen LogP contribution in [0.5, 0.6) is 0 Å². The Morgan fingerprint density at radius 2 is 1.75 bits per heavy atom. The van der Waals surface area contributed by atoms with Gasteiger partial charge in [0.05, 0.1) is 0 Å². The van der Waals surface area contributed by atoms with E-state index in [2.05, 4.69) is 16.8 Å². The molecule has 5 nitrogen and oxygen atoms in total. The van der Waals surface area contributed by atoms with Crippen molar-refractivity contribution in [2.24, 2.45) is 0 Å². The Hall–Kier alpha value is -1.59. The molecular weight excluding hydrogens is 302 g/mol. The van der Waals surface area contributed by atoms with E-state index < -0.39 is 0 Å². The molecule has 0 spiro atoms. The van der Waals surface area contributed by atoms with Gasteiger partial charge in [-0.1, -0.05) is 30.3 Å². The van der Waals surface area contributed by atoms with Gasteiger partial charge in [-0.05, 0) is 31.9 Å². The third-order valence-electron chi connectivity index (χ3n) is 6.02. The third kappa shape index (κ3) is 3.15. The number of hydrogen-bond acceptors (Lipinski definition) is 4. The molecule has 0 N–H and O–H groups in total. The van der Waals surface area contributed by atoms with Crippen LogP contribution in [0.1, 0.15) is 24.8 Å². The van der Waals surface area contributed by atoms with Crippen LogP contribution in [0.2, 0.25) is 0 Å². The first-order valence-electron chi connectivity index (χ1n) is 9.12. The zero-order chi connectivity index (χ0) is 16.5. The lowest BCUT2D eigenvalue weighted by atomic mass is 10.1. The van der Waals surface area contributed by atoms with E-state index in [-0.39, 0.29) is 6.09 Å². The van der Waals surface area contributed by atoms with Gasteiger partial charge in [-0.2, -0.15) is 0 Å². The highest BCUT2D eigenvalue weighted by atomic mass is 16.6. The Balaban J connectivity index is 1.28. The van der Waals surface area contributed by atoms with Gasteiger partial charge >= 0.3 is 6.09 Å². The summed E-state index contributed by atoms with van der Waals surface area (Å²) < 4.78 is 5.48. The highest BCUT2D eigenvalue weighted by Crippen LogP contribution is 2.31. The van der Waals surface area contributed by atoms with Crippen molar-refractivity contribution in [3.8, 4) is 0 Å². The number of benzene rings is 1. The summed E-state index contributed by atoms with van der Waals surface area (Å²) in [5.41, 5.74) is 1.04. The fourth-order valence-corrected chi connectivity index (χ4v) is 4.46. The molecule has 3 saturated heterocycles. The van der Waals surface area contributed by atoms with E-state index in [1.54, 1.807) is 0 Å². The second kappa shape index (κ2) is 6.73. The smallest absolute Gasteiger partial charge is 0.410 e. The van der Waals surface area contributed by atoms with Gasteiger partial charge in [0.2, 0.25) is 0 Å². The van der Waals surface area contributed by atoms with Crippen molar-refractivity contribution < 1.29 is 9.53 Å². The van der Waals surface area contributed by atoms with Crippen molar-refractivity contribution in [1.82, 2.24) is 14.7 Å². The summed E-state index contributed by atoms with van der Waals surface area (Å²) in [6, 6.07) is 11.8. The lowest BCUT2D eigenvalue weighted by molar-refractivity contribution is 0.0574. The number of amides is 1. The molecule has 24 heavy (non-hydrogen) atoms. The summed E-state index contributed by atoms with van der Waals surface area (Å²) in [5, 5.41) is 0. The second-order valence-corrected chi connectivity index (χ2v) is 7.43. The van der Waals surface area contributed by atoms with E-state index in [0.29, 0.717) is 24.7 Å². The number of likely N-dealkylation sites (tertiary alicyclic amines) is 2. The summed E-state index contributed by atoms with van der Waals surface area (Å²) in [5.74, 6) is 0. The van der Waals surface area contributed by atoms with E-state index in [0.717, 1.165) is 38.2 Å². The van der Waals surface area contributed by atoms with Gasteiger partial charge in [0.1, 0.15) is 6.61 Å². The minimum Gasteiger partial charge on any atom is -0.445 e. The van der Waals surface area contributed by atoms with Crippen molar-refractivity contribution in [1.29, 1.82) is 0 Å². The Bertz CT molecular complexity index is 565. The fourth-order valence-electron chi connectivity index (χ4n) is 4.46. The maximum Gasteiger partial charge on any atom is 0.410 e. The first-order valence-corrected chi connectivity index (χ1v) is 9.12. The maximum absolute atomic E-state index is 12.3. The van der Waals surface area contributed by atoms with Gasteiger partial charge in [0.15, 0.2) is 0 Å². The molecule has 1 aromatic carbocycles. The number of hydrogen-bond donors (Lipinski definition) is 0. The first kappa shape index (κ1) is 15.9. The molecule has 0 radical (unpaired) electrons. The van der Waals surface area contributed by atoms with Crippen LogP contribution in [0.4, 0.5) is 4.79 Å². The average Bonchev–Trinajstić information content (AvgIpc) is 3.16. The molecule has 130 valence electrons. The van der Waals surface area contributed by atoms with E-state index in [9.17, 15) is 4.79 Å². The SMILES string of the molecule is CN1C2CCC1CN([C@@H]1CCN(C(=O)OCc3ccccc3)C1)C2. The van der Waals surface area contributed by atoms with Crippen molar-refractivity contribution in [2.45, 2.75) is 44.0 Å². The van der Waals surface area contributed by atoms with Crippen molar-refractivity contribution in [2.75, 3.05) is 33.2 Å². The monoisotopic (exact) mass is 329 g/mol. The summed E-state index contributed by atoms with van der Waals surface area (Å²) in [6.07, 6.45) is 3.56. The van der Waals surface area contributed by atoms with Crippen LogP contribution in [0.15, 0.2) is 30.3 Å². The number of ether oxygens (including phenoxy) is 1. The number of carbonyl (C=O) groups excluding carboxylic acids is 1. The minimum absolute atomic E-state index is 0.168. The molecule has 3 aliphatic rings. The molecule has 3 atom stereocenters. The van der Waals surface area contributed by atoms with Crippen LogP contribution in [-0.4, -0.2) is 72.1 Å². The Labute approximate surface area is 144 Å². The predicted molar refractivity (Wildman–Crippen MR) is 92.8 cm³/mol. The molecule has 4 rings (SSSR count). The zero-order valence-corrected chi connectivity index (χ0v) is 14.4. The fraction of sp³-hybridized carbons (Fsp3) is 0.632. The van der Waals surface area contributed by atoms with E-state index >= 15 is 0 Å². The van der Waals surface area contributed by atoms with Gasteiger partial charge in [-0.3, -0.25) is 9.80 Å². The summed E-state index contributed by atoms with van der Waals surface area (Å²) in [4.78, 5) is 19.4. The minimum atomic E-state index is -0.168. The third-order valence-corrected chi connectivity index (χ3v) is 6.02. The van der Waals surface area contributed by atoms with E-state index in [4.69, 9.17) is 4.74 Å². The lowest BCUT2D eigenvalue weighted by Crippen LogP contribution is -2.55. The topological polar surface area (TPSA) is 36.0 Å². The first-order chi connectivity index (χ1) is 11.7. The molecule has 3 aliphatic heterocycles. The number of carbonyl (C=O) groups is 1. The van der Waals surface area contributed by atoms with Crippen LogP contribution >= 0.6 is 0 Å². The largest absolute Gasteiger partial charge is 0.445 e. The number of nitrogens with zero attached hydrogens (tertiary/aromatic N) is 3. The van der Waals surface area contributed by atoms with Gasteiger partial charge < -0.3 is 9.64 Å². The molecule has 0 aromatic heterocycles. The lowest BCUT2D eigenvalue weighted by Gasteiger charge is -2.41. The molecule has 3 heterocycles. The highest BCUT2D eigenvalue weighted by molar-refractivity contribution is 5.68. The van der Waals surface area contributed by atoms with Crippen LogP contribution in [0.3, 0.4) is 0 Å². The van der Waals surface area contributed by atoms with Crippen molar-refractivity contribution in [3.05, 3.63) is 35.9 Å². The summed E-state index contributed by atoms with van der Waals surface area (Å²) in [6.45, 7) is 4.31. The van der Waals surface area contributed by atoms with Gasteiger partial charge in [-0.15, -0.1) is 0 Å². The molecule has 0 saturated carbocycles. The molecule has 2 unspecified atom stereocenters. The number of piperazine rings is 1. The molecule has 1 aromatic rings. The Kier molecular flexibility index (Phi) is 4.46. The Morgan fingerprint density at radius 1 is 1.04 bits per heavy atom. The number of fused-ring (bicyclic) bond motifs is 2. The number of likely N-dealkylation sites (N-methyl/N-ethyl adjacent to an activating group) is 1. The van der Waals surface area contributed by atoms with Gasteiger partial charge in [0.25, 0.3) is 0 Å². The van der Waals surface area contributed by atoms with Crippen LogP contribution < -0.4 is 0 Å². The molecule has 1 amide bonds. The standard InChI is InChI=1S/C19H27N3O2/c1-20-16-7-8-17(20)12-22(11-16)18-9-10-21(13-18)19(23)24-14-15-5-3-2-4-6-15/h2-6,16-18H,7-14H2,1H3/t16?,17?,18-/m1/s1. The average molecular weight is 329 g/mol. The van der Waals surface area contributed by atoms with Crippen LogP contribution in [0, 0.1) is 0 Å². The van der Waals surface area contributed by atoms with E-state index in [1.165, 1.54) is 12.8 Å². The second-order valence-electron chi connectivity index (χ2n) is 7.43. The summed E-state index contributed by atoms with van der Waals surface area (Å²) in [7, 11) is 2.27. The molecule has 3 fully saturated rings. The normalized spacial score (nSPS) is 30.7.